The van der Waals surface area contributed by atoms with Crippen LogP contribution < -0.4 is 10.6 Å². The van der Waals surface area contributed by atoms with E-state index in [-0.39, 0.29) is 24.6 Å². The lowest BCUT2D eigenvalue weighted by Crippen LogP contribution is -2.36. The summed E-state index contributed by atoms with van der Waals surface area (Å²) in [6.07, 6.45) is 8.44. The van der Waals surface area contributed by atoms with Crippen molar-refractivity contribution >= 4 is 11.7 Å². The molecule has 0 aliphatic heterocycles. The third kappa shape index (κ3) is 4.23. The van der Waals surface area contributed by atoms with Gasteiger partial charge in [0, 0.05) is 30.5 Å². The molecular weight excluding hydrogens is 304 g/mol. The van der Waals surface area contributed by atoms with E-state index in [1.807, 2.05) is 60.4 Å². The van der Waals surface area contributed by atoms with Crippen LogP contribution in [0.3, 0.4) is 0 Å². The zero-order valence-electron chi connectivity index (χ0n) is 13.6. The summed E-state index contributed by atoms with van der Waals surface area (Å²) in [7, 11) is 0. The van der Waals surface area contributed by atoms with Crippen molar-refractivity contribution in [1.82, 2.24) is 15.1 Å². The molecule has 6 nitrogen and oxygen atoms in total. The van der Waals surface area contributed by atoms with E-state index in [4.69, 9.17) is 5.11 Å². The highest BCUT2D eigenvalue weighted by Gasteiger charge is 2.19. The van der Waals surface area contributed by atoms with E-state index in [1.165, 1.54) is 0 Å². The summed E-state index contributed by atoms with van der Waals surface area (Å²) < 4.78 is 1.88. The average Bonchev–Trinajstić information content (AvgIpc) is 3.18. The zero-order chi connectivity index (χ0) is 16.9. The highest BCUT2D eigenvalue weighted by Crippen LogP contribution is 2.17. The molecule has 0 spiro atoms. The Bertz CT molecular complexity index is 721. The number of aryl methyl sites for hydroxylation is 1. The Morgan fingerprint density at radius 3 is 2.75 bits per heavy atom. The Kier molecular flexibility index (Phi) is 4.96. The van der Waals surface area contributed by atoms with Gasteiger partial charge in [-0.05, 0) is 36.6 Å². The van der Waals surface area contributed by atoms with Crippen molar-refractivity contribution in [3.63, 3.8) is 0 Å². The van der Waals surface area contributed by atoms with Crippen LogP contribution in [0.15, 0.2) is 48.8 Å². The Labute approximate surface area is 141 Å². The molecule has 1 aliphatic rings. The molecule has 1 aromatic heterocycles. The molecular formula is C18H22N4O2. The van der Waals surface area contributed by atoms with Crippen LogP contribution in [0, 0.1) is 12.8 Å². The van der Waals surface area contributed by atoms with Crippen molar-refractivity contribution in [3.8, 4) is 0 Å². The van der Waals surface area contributed by atoms with Gasteiger partial charge in [-0.3, -0.25) is 4.68 Å². The molecule has 0 unspecified atom stereocenters. The van der Waals surface area contributed by atoms with Gasteiger partial charge in [-0.25, -0.2) is 4.79 Å². The molecule has 2 amide bonds. The Morgan fingerprint density at radius 1 is 1.33 bits per heavy atom. The third-order valence-corrected chi connectivity index (χ3v) is 4.04. The Balaban J connectivity index is 1.50. The van der Waals surface area contributed by atoms with Crippen LogP contribution in [0.4, 0.5) is 10.5 Å². The highest BCUT2D eigenvalue weighted by molar-refractivity contribution is 5.89. The first kappa shape index (κ1) is 16.3. The largest absolute Gasteiger partial charge is 0.396 e. The van der Waals surface area contributed by atoms with Gasteiger partial charge in [0.25, 0.3) is 0 Å². The van der Waals surface area contributed by atoms with E-state index in [0.29, 0.717) is 6.54 Å². The Hall–Kier alpha value is -2.60. The lowest BCUT2D eigenvalue weighted by molar-refractivity contribution is 0.238. The maximum atomic E-state index is 12.0. The van der Waals surface area contributed by atoms with Gasteiger partial charge in [-0.15, -0.1) is 0 Å². The topological polar surface area (TPSA) is 79.2 Å². The van der Waals surface area contributed by atoms with Crippen molar-refractivity contribution < 1.29 is 9.90 Å². The summed E-state index contributed by atoms with van der Waals surface area (Å²) in [5, 5.41) is 19.1. The average molecular weight is 326 g/mol. The van der Waals surface area contributed by atoms with E-state index < -0.39 is 0 Å². The van der Waals surface area contributed by atoms with Crippen LogP contribution in [0.25, 0.3) is 0 Å². The normalized spacial score (nSPS) is 19.4. The molecule has 0 bridgehead atoms. The smallest absolute Gasteiger partial charge is 0.319 e. The number of benzene rings is 1. The SMILES string of the molecule is Cc1cnn(Cc2ccc(NC(=O)N[C@@H]3C=C[C@H](CO)C3)cc2)c1. The predicted molar refractivity (Wildman–Crippen MR) is 92.8 cm³/mol. The molecule has 2 aromatic rings. The fourth-order valence-electron chi connectivity index (χ4n) is 2.79. The van der Waals surface area contributed by atoms with Gasteiger partial charge >= 0.3 is 6.03 Å². The molecule has 0 radical (unpaired) electrons. The van der Waals surface area contributed by atoms with Crippen LogP contribution in [0.1, 0.15) is 17.5 Å². The van der Waals surface area contributed by atoms with E-state index in [1.54, 1.807) is 0 Å². The second kappa shape index (κ2) is 7.31. The predicted octanol–water partition coefficient (Wildman–Crippen LogP) is 2.30. The molecule has 24 heavy (non-hydrogen) atoms. The second-order valence-corrected chi connectivity index (χ2v) is 6.18. The number of anilines is 1. The van der Waals surface area contributed by atoms with Gasteiger partial charge in [0.05, 0.1) is 12.7 Å². The van der Waals surface area contributed by atoms with E-state index in [2.05, 4.69) is 15.7 Å². The van der Waals surface area contributed by atoms with Crippen molar-refractivity contribution in [2.24, 2.45) is 5.92 Å². The number of urea groups is 1. The number of aromatic nitrogens is 2. The molecule has 1 aromatic carbocycles. The van der Waals surface area contributed by atoms with Crippen LogP contribution in [0.2, 0.25) is 0 Å². The minimum absolute atomic E-state index is 0.0236. The highest BCUT2D eigenvalue weighted by atomic mass is 16.3. The van der Waals surface area contributed by atoms with Gasteiger partial charge in [0.15, 0.2) is 0 Å². The van der Waals surface area contributed by atoms with Gasteiger partial charge in [0.1, 0.15) is 0 Å². The molecule has 126 valence electrons. The first-order valence-electron chi connectivity index (χ1n) is 8.07. The first-order chi connectivity index (χ1) is 11.6. The molecule has 0 fully saturated rings. The standard InChI is InChI=1S/C18H22N4O2/c1-13-9-19-22(10-13)11-14-2-5-16(6-3-14)20-18(24)21-17-7-4-15(8-17)12-23/h2-7,9-10,15,17,23H,8,11-12H2,1H3,(H2,20,21,24)/t15-,17+/m0/s1. The lowest BCUT2D eigenvalue weighted by Gasteiger charge is -2.14. The number of carbonyl (C=O) groups excluding carboxylic acids is 1. The quantitative estimate of drug-likeness (QED) is 0.738. The lowest BCUT2D eigenvalue weighted by atomic mass is 10.1. The number of nitrogens with one attached hydrogen (secondary N) is 2. The number of carbonyl (C=O) groups is 1. The number of aliphatic hydroxyl groups excluding tert-OH is 1. The molecule has 6 heteroatoms. The van der Waals surface area contributed by atoms with Crippen molar-refractivity contribution in [3.05, 3.63) is 59.9 Å². The summed E-state index contributed by atoms with van der Waals surface area (Å²) >= 11 is 0. The molecule has 1 heterocycles. The van der Waals surface area contributed by atoms with Crippen molar-refractivity contribution in [2.45, 2.75) is 25.9 Å². The van der Waals surface area contributed by atoms with E-state index in [9.17, 15) is 4.79 Å². The number of hydrogen-bond donors (Lipinski definition) is 3. The second-order valence-electron chi connectivity index (χ2n) is 6.18. The van der Waals surface area contributed by atoms with Crippen LogP contribution in [0.5, 0.6) is 0 Å². The summed E-state index contributed by atoms with van der Waals surface area (Å²) in [5.74, 6) is 0.139. The van der Waals surface area contributed by atoms with Gasteiger partial charge in [0.2, 0.25) is 0 Å². The monoisotopic (exact) mass is 326 g/mol. The molecule has 3 N–H and O–H groups in total. The van der Waals surface area contributed by atoms with Crippen molar-refractivity contribution in [2.75, 3.05) is 11.9 Å². The number of nitrogens with zero attached hydrogens (tertiary/aromatic N) is 2. The van der Waals surface area contributed by atoms with Crippen LogP contribution in [-0.4, -0.2) is 33.6 Å². The van der Waals surface area contributed by atoms with E-state index >= 15 is 0 Å². The number of hydrogen-bond acceptors (Lipinski definition) is 3. The number of amides is 2. The summed E-state index contributed by atoms with van der Waals surface area (Å²) in [5.41, 5.74) is 3.00. The fraction of sp³-hybridized carbons (Fsp3) is 0.333. The Morgan fingerprint density at radius 2 is 2.12 bits per heavy atom. The third-order valence-electron chi connectivity index (χ3n) is 4.04. The van der Waals surface area contributed by atoms with Gasteiger partial charge in [-0.2, -0.15) is 5.10 Å². The maximum absolute atomic E-state index is 12.0. The minimum Gasteiger partial charge on any atom is -0.396 e. The fourth-order valence-corrected chi connectivity index (χ4v) is 2.79. The molecule has 0 saturated carbocycles. The summed E-state index contributed by atoms with van der Waals surface area (Å²) in [4.78, 5) is 12.0. The van der Waals surface area contributed by atoms with Crippen LogP contribution in [-0.2, 0) is 6.54 Å². The molecule has 1 aliphatic carbocycles. The van der Waals surface area contributed by atoms with Gasteiger partial charge in [-0.1, -0.05) is 24.3 Å². The zero-order valence-corrected chi connectivity index (χ0v) is 13.6. The van der Waals surface area contributed by atoms with Crippen LogP contribution >= 0.6 is 0 Å². The minimum atomic E-state index is -0.237. The van der Waals surface area contributed by atoms with Gasteiger partial charge < -0.3 is 15.7 Å². The van der Waals surface area contributed by atoms with E-state index in [0.717, 1.165) is 23.2 Å². The first-order valence-corrected chi connectivity index (χ1v) is 8.07. The summed E-state index contributed by atoms with van der Waals surface area (Å²) in [6.45, 7) is 2.83. The maximum Gasteiger partial charge on any atom is 0.319 e. The number of aliphatic hydroxyl groups is 1. The number of rotatable bonds is 5. The summed E-state index contributed by atoms with van der Waals surface area (Å²) in [6, 6.07) is 7.45. The molecule has 2 atom stereocenters. The molecule has 3 rings (SSSR count). The molecule has 0 saturated heterocycles. The van der Waals surface area contributed by atoms with Crippen molar-refractivity contribution in [1.29, 1.82) is 0 Å².